The minimum atomic E-state index is -0.860. The van der Waals surface area contributed by atoms with Crippen LogP contribution in [0.15, 0.2) is 0 Å². The van der Waals surface area contributed by atoms with Crippen LogP contribution >= 0.6 is 0 Å². The van der Waals surface area contributed by atoms with Gasteiger partial charge in [-0.2, -0.15) is 0 Å². The number of nitrogens with zero attached hydrogens (tertiary/aromatic N) is 2. The van der Waals surface area contributed by atoms with E-state index >= 15 is 0 Å². The normalized spacial score (nSPS) is 15.8. The van der Waals surface area contributed by atoms with Gasteiger partial charge in [0.2, 0.25) is 5.91 Å². The van der Waals surface area contributed by atoms with Gasteiger partial charge in [0.05, 0.1) is 0 Å². The van der Waals surface area contributed by atoms with Crippen molar-refractivity contribution in [3.05, 3.63) is 0 Å². The highest BCUT2D eigenvalue weighted by Gasteiger charge is 2.19. The molecule has 0 spiro atoms. The summed E-state index contributed by atoms with van der Waals surface area (Å²) in [6, 6.07) is -0.184. The van der Waals surface area contributed by atoms with Gasteiger partial charge in [0, 0.05) is 46.1 Å². The molecule has 1 aliphatic heterocycles. The van der Waals surface area contributed by atoms with E-state index in [9.17, 15) is 14.4 Å². The third-order valence-corrected chi connectivity index (χ3v) is 3.07. The maximum absolute atomic E-state index is 11.8. The number of carboxylic acids is 1. The lowest BCUT2D eigenvalue weighted by atomic mass is 10.3. The standard InChI is InChI=1S/C12H21N3O4/c1-10(16)14-6-3-7-15(9-8-14)12(19)13-5-2-4-11(17)18/h2-9H2,1H3,(H,13,19)(H,17,18). The van der Waals surface area contributed by atoms with Gasteiger partial charge in [-0.1, -0.05) is 0 Å². The van der Waals surface area contributed by atoms with Crippen LogP contribution in [0.2, 0.25) is 0 Å². The van der Waals surface area contributed by atoms with Gasteiger partial charge in [-0.05, 0) is 12.8 Å². The Morgan fingerprint density at radius 2 is 1.74 bits per heavy atom. The molecule has 1 aliphatic rings. The van der Waals surface area contributed by atoms with E-state index in [0.717, 1.165) is 6.42 Å². The number of rotatable bonds is 4. The number of hydrogen-bond acceptors (Lipinski definition) is 3. The SMILES string of the molecule is CC(=O)N1CCCN(C(=O)NCCCC(=O)O)CC1. The average molecular weight is 271 g/mol. The Labute approximate surface area is 112 Å². The van der Waals surface area contributed by atoms with E-state index in [4.69, 9.17) is 5.11 Å². The highest BCUT2D eigenvalue weighted by atomic mass is 16.4. The Kier molecular flexibility index (Phi) is 6.11. The van der Waals surface area contributed by atoms with Gasteiger partial charge in [-0.25, -0.2) is 4.79 Å². The second-order valence-corrected chi connectivity index (χ2v) is 4.58. The smallest absolute Gasteiger partial charge is 0.317 e. The molecule has 7 nitrogen and oxygen atoms in total. The van der Waals surface area contributed by atoms with Crippen molar-refractivity contribution in [1.82, 2.24) is 15.1 Å². The summed E-state index contributed by atoms with van der Waals surface area (Å²) in [5.41, 5.74) is 0. The molecule has 19 heavy (non-hydrogen) atoms. The second-order valence-electron chi connectivity index (χ2n) is 4.58. The Morgan fingerprint density at radius 1 is 1.11 bits per heavy atom. The van der Waals surface area contributed by atoms with Gasteiger partial charge in [0.25, 0.3) is 0 Å². The topological polar surface area (TPSA) is 90.0 Å². The number of amides is 3. The van der Waals surface area contributed by atoms with Gasteiger partial charge in [0.1, 0.15) is 0 Å². The zero-order valence-electron chi connectivity index (χ0n) is 11.2. The Hall–Kier alpha value is -1.79. The van der Waals surface area contributed by atoms with Gasteiger partial charge in [-0.3, -0.25) is 9.59 Å². The van der Waals surface area contributed by atoms with Crippen molar-refractivity contribution in [2.24, 2.45) is 0 Å². The maximum Gasteiger partial charge on any atom is 0.317 e. The number of carbonyl (C=O) groups excluding carboxylic acids is 2. The molecule has 1 rings (SSSR count). The van der Waals surface area contributed by atoms with Crippen LogP contribution in [0.1, 0.15) is 26.2 Å². The minimum absolute atomic E-state index is 0.0312. The lowest BCUT2D eigenvalue weighted by Crippen LogP contribution is -2.42. The van der Waals surface area contributed by atoms with Crippen LogP contribution in [0.25, 0.3) is 0 Å². The predicted octanol–water partition coefficient (Wildman–Crippen LogP) is 0.115. The molecule has 0 atom stereocenters. The molecule has 0 aromatic heterocycles. The highest BCUT2D eigenvalue weighted by molar-refractivity contribution is 5.75. The summed E-state index contributed by atoms with van der Waals surface area (Å²) in [6.45, 7) is 4.26. The molecular weight excluding hydrogens is 250 g/mol. The number of carbonyl (C=O) groups is 3. The fourth-order valence-corrected chi connectivity index (χ4v) is 1.98. The van der Waals surface area contributed by atoms with E-state index in [1.165, 1.54) is 6.92 Å². The first-order chi connectivity index (χ1) is 9.00. The molecule has 0 radical (unpaired) electrons. The van der Waals surface area contributed by atoms with Crippen LogP contribution in [0.3, 0.4) is 0 Å². The summed E-state index contributed by atoms with van der Waals surface area (Å²) in [7, 11) is 0. The molecule has 7 heteroatoms. The molecule has 0 aliphatic carbocycles. The van der Waals surface area contributed by atoms with E-state index in [-0.39, 0.29) is 18.4 Å². The van der Waals surface area contributed by atoms with E-state index in [1.807, 2.05) is 0 Å². The zero-order valence-corrected chi connectivity index (χ0v) is 11.2. The number of aliphatic carboxylic acids is 1. The van der Waals surface area contributed by atoms with Crippen molar-refractivity contribution in [2.45, 2.75) is 26.2 Å². The quantitative estimate of drug-likeness (QED) is 0.710. The van der Waals surface area contributed by atoms with Crippen LogP contribution in [-0.4, -0.2) is 65.5 Å². The third-order valence-electron chi connectivity index (χ3n) is 3.07. The van der Waals surface area contributed by atoms with Crippen molar-refractivity contribution in [1.29, 1.82) is 0 Å². The Morgan fingerprint density at radius 3 is 2.37 bits per heavy atom. The van der Waals surface area contributed by atoms with Crippen molar-refractivity contribution in [3.8, 4) is 0 Å². The molecule has 0 bridgehead atoms. The molecule has 0 unspecified atom stereocenters. The first-order valence-electron chi connectivity index (χ1n) is 6.51. The second kappa shape index (κ2) is 7.60. The molecule has 3 amide bonds. The summed E-state index contributed by atoms with van der Waals surface area (Å²) in [6.07, 6.45) is 1.25. The summed E-state index contributed by atoms with van der Waals surface area (Å²) in [4.78, 5) is 36.8. The van der Waals surface area contributed by atoms with Crippen molar-refractivity contribution in [2.75, 3.05) is 32.7 Å². The van der Waals surface area contributed by atoms with E-state index in [2.05, 4.69) is 5.32 Å². The highest BCUT2D eigenvalue weighted by Crippen LogP contribution is 2.03. The fourth-order valence-electron chi connectivity index (χ4n) is 1.98. The van der Waals surface area contributed by atoms with Crippen molar-refractivity contribution in [3.63, 3.8) is 0 Å². The molecule has 0 aromatic carbocycles. The molecule has 2 N–H and O–H groups in total. The van der Waals surface area contributed by atoms with Gasteiger partial charge in [-0.15, -0.1) is 0 Å². The average Bonchev–Trinajstić information content (AvgIpc) is 2.59. The van der Waals surface area contributed by atoms with E-state index in [0.29, 0.717) is 39.1 Å². The molecular formula is C12H21N3O4. The molecule has 0 saturated carbocycles. The summed E-state index contributed by atoms with van der Waals surface area (Å²) in [5, 5.41) is 11.2. The Bertz CT molecular complexity index is 346. The van der Waals surface area contributed by atoms with Crippen LogP contribution in [-0.2, 0) is 9.59 Å². The third kappa shape index (κ3) is 5.58. The number of nitrogens with one attached hydrogen (secondary N) is 1. The summed E-state index contributed by atoms with van der Waals surface area (Å²) < 4.78 is 0. The van der Waals surface area contributed by atoms with E-state index in [1.54, 1.807) is 9.80 Å². The van der Waals surface area contributed by atoms with Crippen molar-refractivity contribution < 1.29 is 19.5 Å². The number of urea groups is 1. The molecule has 108 valence electrons. The molecule has 1 fully saturated rings. The van der Waals surface area contributed by atoms with Gasteiger partial charge in [0.15, 0.2) is 0 Å². The first-order valence-corrected chi connectivity index (χ1v) is 6.51. The molecule has 1 heterocycles. The fraction of sp³-hybridized carbons (Fsp3) is 0.750. The summed E-state index contributed by atoms with van der Waals surface area (Å²) in [5.74, 6) is -0.829. The van der Waals surface area contributed by atoms with Crippen LogP contribution < -0.4 is 5.32 Å². The lowest BCUT2D eigenvalue weighted by molar-refractivity contribution is -0.137. The van der Waals surface area contributed by atoms with Crippen LogP contribution in [0, 0.1) is 0 Å². The maximum atomic E-state index is 11.8. The minimum Gasteiger partial charge on any atom is -0.481 e. The van der Waals surface area contributed by atoms with Crippen molar-refractivity contribution >= 4 is 17.9 Å². The van der Waals surface area contributed by atoms with Gasteiger partial charge >= 0.3 is 12.0 Å². The lowest BCUT2D eigenvalue weighted by Gasteiger charge is -2.21. The Balaban J connectivity index is 2.29. The number of hydrogen-bond donors (Lipinski definition) is 2. The van der Waals surface area contributed by atoms with Gasteiger partial charge < -0.3 is 20.2 Å². The molecule has 0 aromatic rings. The monoisotopic (exact) mass is 271 g/mol. The summed E-state index contributed by atoms with van der Waals surface area (Å²) >= 11 is 0. The predicted molar refractivity (Wildman–Crippen MR) is 68.7 cm³/mol. The molecule has 1 saturated heterocycles. The van der Waals surface area contributed by atoms with Crippen LogP contribution in [0.4, 0.5) is 4.79 Å². The van der Waals surface area contributed by atoms with E-state index < -0.39 is 5.97 Å². The van der Waals surface area contributed by atoms with Crippen LogP contribution in [0.5, 0.6) is 0 Å². The first kappa shape index (κ1) is 15.3. The zero-order chi connectivity index (χ0) is 14.3. The number of carboxylic acid groups (broad SMARTS) is 1. The largest absolute Gasteiger partial charge is 0.481 e.